The highest BCUT2D eigenvalue weighted by atomic mass is 79.9. The predicted molar refractivity (Wildman–Crippen MR) is 197 cm³/mol. The van der Waals surface area contributed by atoms with Gasteiger partial charge in [0.05, 0.1) is 11.0 Å². The van der Waals surface area contributed by atoms with E-state index in [0.29, 0.717) is 11.8 Å². The summed E-state index contributed by atoms with van der Waals surface area (Å²) in [4.78, 5) is 4.99. The molecule has 46 heavy (non-hydrogen) atoms. The summed E-state index contributed by atoms with van der Waals surface area (Å²) in [5.74, 6) is 3.26. The Labute approximate surface area is 279 Å². The molecule has 0 unspecified atom stereocenters. The van der Waals surface area contributed by atoms with E-state index in [2.05, 4.69) is 158 Å². The van der Waals surface area contributed by atoms with Crippen molar-refractivity contribution < 1.29 is 4.74 Å². The van der Waals surface area contributed by atoms with Crippen LogP contribution in [0.2, 0.25) is 0 Å². The number of hydrogen-bond acceptors (Lipinski definition) is 2. The maximum atomic E-state index is 6.65. The lowest BCUT2D eigenvalue weighted by Gasteiger charge is -2.21. The number of aromatic nitrogens is 2. The van der Waals surface area contributed by atoms with Gasteiger partial charge < -0.3 is 4.74 Å². The Balaban J connectivity index is 1.33. The fourth-order valence-electron chi connectivity index (χ4n) is 6.63. The van der Waals surface area contributed by atoms with E-state index in [4.69, 9.17) is 9.72 Å². The Morgan fingerprint density at radius 3 is 2.04 bits per heavy atom. The molecule has 3 nitrogen and oxygen atoms in total. The average molecular weight is 666 g/mol. The minimum absolute atomic E-state index is 0.403. The van der Waals surface area contributed by atoms with E-state index in [-0.39, 0.29) is 0 Å². The maximum absolute atomic E-state index is 6.65. The fourth-order valence-corrected chi connectivity index (χ4v) is 7.10. The molecule has 0 bridgehead atoms. The van der Waals surface area contributed by atoms with Crippen LogP contribution in [0.15, 0.2) is 126 Å². The number of ether oxygens (including phenoxy) is 1. The van der Waals surface area contributed by atoms with E-state index in [9.17, 15) is 0 Å². The van der Waals surface area contributed by atoms with Gasteiger partial charge in [-0.2, -0.15) is 0 Å². The van der Waals surface area contributed by atoms with Crippen LogP contribution < -0.4 is 4.74 Å². The molecule has 2 heterocycles. The molecular weight excluding hydrogens is 628 g/mol. The molecule has 7 aromatic rings. The molecule has 2 aromatic heterocycles. The molecule has 0 saturated heterocycles. The van der Waals surface area contributed by atoms with Crippen molar-refractivity contribution in [1.29, 1.82) is 0 Å². The normalized spacial score (nSPS) is 11.7. The van der Waals surface area contributed by atoms with Crippen LogP contribution >= 0.6 is 15.9 Å². The minimum atomic E-state index is 0.403. The molecule has 0 aliphatic carbocycles. The van der Waals surface area contributed by atoms with Gasteiger partial charge in [-0.1, -0.05) is 110 Å². The highest BCUT2D eigenvalue weighted by molar-refractivity contribution is 9.10. The van der Waals surface area contributed by atoms with E-state index >= 15 is 0 Å². The third-order valence-corrected chi connectivity index (χ3v) is 9.28. The number of pyridine rings is 1. The van der Waals surface area contributed by atoms with Crippen LogP contribution in [0.4, 0.5) is 0 Å². The van der Waals surface area contributed by atoms with Crippen molar-refractivity contribution >= 4 is 37.7 Å². The van der Waals surface area contributed by atoms with Gasteiger partial charge in [0.2, 0.25) is 0 Å². The van der Waals surface area contributed by atoms with Gasteiger partial charge in [0.1, 0.15) is 17.3 Å². The summed E-state index contributed by atoms with van der Waals surface area (Å²) in [5.41, 5.74) is 10.8. The largest absolute Gasteiger partial charge is 0.457 e. The van der Waals surface area contributed by atoms with E-state index in [1.165, 1.54) is 33.2 Å². The number of aryl methyl sites for hydroxylation is 1. The third-order valence-electron chi connectivity index (χ3n) is 8.82. The lowest BCUT2D eigenvalue weighted by Crippen LogP contribution is -2.00. The zero-order chi connectivity index (χ0) is 31.9. The highest BCUT2D eigenvalue weighted by Gasteiger charge is 2.18. The maximum Gasteiger partial charge on any atom is 0.137 e. The lowest BCUT2D eigenvalue weighted by molar-refractivity contribution is 0.483. The number of benzene rings is 5. The quantitative estimate of drug-likeness (QED) is 0.169. The molecule has 5 aromatic carbocycles. The molecule has 0 amide bonds. The highest BCUT2D eigenvalue weighted by Crippen LogP contribution is 2.41. The van der Waals surface area contributed by atoms with Crippen molar-refractivity contribution in [2.75, 3.05) is 0 Å². The van der Waals surface area contributed by atoms with Crippen molar-refractivity contribution in [2.45, 2.75) is 46.5 Å². The van der Waals surface area contributed by atoms with Gasteiger partial charge in [0.15, 0.2) is 0 Å². The molecule has 0 aliphatic rings. The van der Waals surface area contributed by atoms with E-state index in [1.54, 1.807) is 0 Å². The average Bonchev–Trinajstić information content (AvgIpc) is 3.38. The summed E-state index contributed by atoms with van der Waals surface area (Å²) in [6, 6.07) is 40.6. The van der Waals surface area contributed by atoms with Gasteiger partial charge in [-0.05, 0) is 94.6 Å². The van der Waals surface area contributed by atoms with Crippen LogP contribution in [0.3, 0.4) is 0 Å². The number of para-hydroxylation sites is 1. The zero-order valence-corrected chi connectivity index (χ0v) is 28.5. The Morgan fingerprint density at radius 1 is 0.630 bits per heavy atom. The zero-order valence-electron chi connectivity index (χ0n) is 26.9. The molecule has 0 saturated carbocycles. The Kier molecular flexibility index (Phi) is 8.00. The summed E-state index contributed by atoms with van der Waals surface area (Å²) in [6.45, 7) is 11.2. The molecule has 0 N–H and O–H groups in total. The Bertz CT molecular complexity index is 2190. The smallest absolute Gasteiger partial charge is 0.137 e. The van der Waals surface area contributed by atoms with Crippen LogP contribution in [-0.4, -0.2) is 9.55 Å². The van der Waals surface area contributed by atoms with Crippen molar-refractivity contribution in [2.24, 2.45) is 0 Å². The summed E-state index contributed by atoms with van der Waals surface area (Å²) in [7, 11) is 0. The van der Waals surface area contributed by atoms with Gasteiger partial charge in [0.25, 0.3) is 0 Å². The number of hydrogen-bond donors (Lipinski definition) is 0. The van der Waals surface area contributed by atoms with Crippen LogP contribution in [0.5, 0.6) is 11.5 Å². The van der Waals surface area contributed by atoms with Gasteiger partial charge in [-0.3, -0.25) is 4.57 Å². The third kappa shape index (κ3) is 5.52. The van der Waals surface area contributed by atoms with E-state index in [0.717, 1.165) is 49.3 Å². The summed E-state index contributed by atoms with van der Waals surface area (Å²) in [6.07, 6.45) is 1.99. The van der Waals surface area contributed by atoms with Crippen LogP contribution in [0.25, 0.3) is 49.9 Å². The van der Waals surface area contributed by atoms with Crippen molar-refractivity contribution in [1.82, 2.24) is 9.55 Å². The van der Waals surface area contributed by atoms with Crippen molar-refractivity contribution in [3.05, 3.63) is 143 Å². The number of fused-ring (bicyclic) bond motifs is 3. The second kappa shape index (κ2) is 12.3. The SMILES string of the molecule is Cc1cc(-n2c3ccccc3c3ccc(Oc4cc(Br)cc(-c5c(C(C)C)cccc5C(C)C)c4)cc32)ncc1-c1ccccc1. The molecule has 0 atom stereocenters. The molecule has 0 spiro atoms. The molecule has 228 valence electrons. The van der Waals surface area contributed by atoms with Gasteiger partial charge in [-0.25, -0.2) is 4.98 Å². The standard InChI is InChI=1S/C42H37BrN2O/c1-26(2)34-15-11-16-35(27(3)4)42(34)30-21-31(43)23-33(22-30)46-32-18-19-37-36-14-9-10-17-39(36)45(40(37)24-32)41-20-28(5)38(25-44-41)29-12-7-6-8-13-29/h6-27H,1-5H3. The first-order chi connectivity index (χ1) is 22.3. The van der Waals surface area contributed by atoms with E-state index in [1.807, 2.05) is 18.3 Å². The second-order valence-electron chi connectivity index (χ2n) is 12.7. The van der Waals surface area contributed by atoms with Gasteiger partial charge in [0, 0.05) is 33.1 Å². The first-order valence-corrected chi connectivity index (χ1v) is 16.7. The van der Waals surface area contributed by atoms with Crippen LogP contribution in [-0.2, 0) is 0 Å². The number of nitrogens with zero attached hydrogens (tertiary/aromatic N) is 2. The van der Waals surface area contributed by atoms with Gasteiger partial charge in [-0.15, -0.1) is 0 Å². The molecule has 0 fully saturated rings. The lowest BCUT2D eigenvalue weighted by atomic mass is 9.85. The molecule has 0 aliphatic heterocycles. The summed E-state index contributed by atoms with van der Waals surface area (Å²) < 4.78 is 9.89. The van der Waals surface area contributed by atoms with Crippen LogP contribution in [0.1, 0.15) is 56.2 Å². The molecule has 7 rings (SSSR count). The minimum Gasteiger partial charge on any atom is -0.457 e. The molecule has 0 radical (unpaired) electrons. The number of rotatable bonds is 7. The first-order valence-electron chi connectivity index (χ1n) is 16.0. The summed E-state index contributed by atoms with van der Waals surface area (Å²) in [5, 5.41) is 2.35. The fraction of sp³-hybridized carbons (Fsp3) is 0.167. The summed E-state index contributed by atoms with van der Waals surface area (Å²) >= 11 is 3.79. The van der Waals surface area contributed by atoms with Crippen molar-refractivity contribution in [3.8, 4) is 39.6 Å². The first kappa shape index (κ1) is 30.0. The Morgan fingerprint density at radius 2 is 1.33 bits per heavy atom. The predicted octanol–water partition coefficient (Wildman–Crippen LogP) is 12.6. The topological polar surface area (TPSA) is 27.1 Å². The van der Waals surface area contributed by atoms with Crippen LogP contribution in [0, 0.1) is 6.92 Å². The van der Waals surface area contributed by atoms with E-state index < -0.39 is 0 Å². The van der Waals surface area contributed by atoms with Crippen molar-refractivity contribution in [3.63, 3.8) is 0 Å². The Hall–Kier alpha value is -4.67. The molecular formula is C42H37BrN2O. The van der Waals surface area contributed by atoms with Gasteiger partial charge >= 0.3 is 0 Å². The number of halogens is 1. The second-order valence-corrected chi connectivity index (χ2v) is 13.6. The molecule has 4 heteroatoms. The monoisotopic (exact) mass is 664 g/mol.